The molecule has 1 aliphatic heterocycles. The van der Waals surface area contributed by atoms with E-state index in [0.29, 0.717) is 28.3 Å². The topological polar surface area (TPSA) is 18.5 Å². The van der Waals surface area contributed by atoms with Gasteiger partial charge in [-0.25, -0.2) is 0 Å². The van der Waals surface area contributed by atoms with Gasteiger partial charge in [0.25, 0.3) is 0 Å². The molecule has 94 valence electrons. The average Bonchev–Trinajstić information content (AvgIpc) is 2.84. The van der Waals surface area contributed by atoms with Crippen LogP contribution in [0, 0.1) is 5.92 Å². The van der Waals surface area contributed by atoms with Crippen LogP contribution in [-0.4, -0.2) is 20.3 Å². The highest BCUT2D eigenvalue weighted by Crippen LogP contribution is 2.41. The zero-order chi connectivity index (χ0) is 12.4. The highest BCUT2D eigenvalue weighted by atomic mass is 35.5. The van der Waals surface area contributed by atoms with Crippen LogP contribution in [0.4, 0.5) is 0 Å². The number of benzene rings is 1. The lowest BCUT2D eigenvalue weighted by molar-refractivity contribution is 0.185. The zero-order valence-electron chi connectivity index (χ0n) is 9.38. The Balaban J connectivity index is 2.28. The summed E-state index contributed by atoms with van der Waals surface area (Å²) in [6.07, 6.45) is 0.953. The second-order valence-corrected chi connectivity index (χ2v) is 5.32. The number of ether oxygens (including phenoxy) is 2. The molecule has 0 aromatic heterocycles. The van der Waals surface area contributed by atoms with Gasteiger partial charge in [0.05, 0.1) is 24.1 Å². The van der Waals surface area contributed by atoms with Crippen LogP contribution < -0.4 is 4.74 Å². The van der Waals surface area contributed by atoms with Crippen molar-refractivity contribution in [3.8, 4) is 5.75 Å². The minimum absolute atomic E-state index is 0.173. The Bertz CT molecular complexity index is 403. The normalized spacial score (nSPS) is 21.5. The van der Waals surface area contributed by atoms with E-state index in [-0.39, 0.29) is 5.38 Å². The van der Waals surface area contributed by atoms with Crippen molar-refractivity contribution in [3.05, 3.63) is 27.7 Å². The third-order valence-corrected chi connectivity index (χ3v) is 4.16. The van der Waals surface area contributed by atoms with Crippen LogP contribution in [-0.2, 0) is 4.74 Å². The number of halogens is 3. The van der Waals surface area contributed by atoms with Crippen molar-refractivity contribution < 1.29 is 9.47 Å². The van der Waals surface area contributed by atoms with Gasteiger partial charge < -0.3 is 9.47 Å². The van der Waals surface area contributed by atoms with E-state index in [9.17, 15) is 0 Å². The quantitative estimate of drug-likeness (QED) is 0.773. The second kappa shape index (κ2) is 5.66. The molecule has 5 heteroatoms. The molecule has 0 saturated carbocycles. The molecular formula is C12H13Cl3O2. The third kappa shape index (κ3) is 2.82. The van der Waals surface area contributed by atoms with Crippen molar-refractivity contribution in [3.63, 3.8) is 0 Å². The zero-order valence-corrected chi connectivity index (χ0v) is 11.6. The van der Waals surface area contributed by atoms with E-state index < -0.39 is 0 Å². The van der Waals surface area contributed by atoms with Gasteiger partial charge in [0.1, 0.15) is 5.75 Å². The van der Waals surface area contributed by atoms with Gasteiger partial charge in [0, 0.05) is 23.6 Å². The number of alkyl halides is 1. The summed E-state index contributed by atoms with van der Waals surface area (Å²) < 4.78 is 10.4. The molecule has 0 N–H and O–H groups in total. The summed E-state index contributed by atoms with van der Waals surface area (Å²) in [6, 6.07) is 3.48. The van der Waals surface area contributed by atoms with Crippen molar-refractivity contribution in [2.75, 3.05) is 20.3 Å². The Hall–Kier alpha value is -0.150. The summed E-state index contributed by atoms with van der Waals surface area (Å²) in [6.45, 7) is 1.43. The second-order valence-electron chi connectivity index (χ2n) is 4.03. The minimum Gasteiger partial charge on any atom is -0.495 e. The van der Waals surface area contributed by atoms with E-state index in [0.717, 1.165) is 18.6 Å². The molecule has 2 unspecified atom stereocenters. The SMILES string of the molecule is COc1cc(Cl)c(C(Cl)C2CCOC2)cc1Cl. The van der Waals surface area contributed by atoms with Gasteiger partial charge in [0.15, 0.2) is 0 Å². The summed E-state index contributed by atoms with van der Waals surface area (Å²) in [7, 11) is 1.56. The molecule has 1 aliphatic rings. The first-order chi connectivity index (χ1) is 8.13. The van der Waals surface area contributed by atoms with Crippen molar-refractivity contribution in [2.24, 2.45) is 5.92 Å². The van der Waals surface area contributed by atoms with Gasteiger partial charge >= 0.3 is 0 Å². The molecule has 0 bridgehead atoms. The molecule has 1 aromatic carbocycles. The highest BCUT2D eigenvalue weighted by Gasteiger charge is 2.27. The Morgan fingerprint density at radius 2 is 2.12 bits per heavy atom. The predicted molar refractivity (Wildman–Crippen MR) is 70.5 cm³/mol. The third-order valence-electron chi connectivity index (χ3n) is 2.95. The van der Waals surface area contributed by atoms with Gasteiger partial charge in [-0.1, -0.05) is 23.2 Å². The van der Waals surface area contributed by atoms with Crippen LogP contribution in [0.2, 0.25) is 10.0 Å². The summed E-state index contributed by atoms with van der Waals surface area (Å²) in [4.78, 5) is 0. The standard InChI is InChI=1S/C12H13Cl3O2/c1-16-11-5-9(13)8(4-10(11)14)12(15)7-2-3-17-6-7/h4-5,7,12H,2-3,6H2,1H3. The van der Waals surface area contributed by atoms with Crippen LogP contribution in [0.25, 0.3) is 0 Å². The largest absolute Gasteiger partial charge is 0.495 e. The van der Waals surface area contributed by atoms with E-state index in [2.05, 4.69) is 0 Å². The minimum atomic E-state index is -0.173. The molecular weight excluding hydrogens is 282 g/mol. The van der Waals surface area contributed by atoms with E-state index >= 15 is 0 Å². The van der Waals surface area contributed by atoms with Crippen LogP contribution in [0.5, 0.6) is 5.75 Å². The summed E-state index contributed by atoms with van der Waals surface area (Å²) in [5.41, 5.74) is 0.842. The molecule has 1 aromatic rings. The van der Waals surface area contributed by atoms with Crippen LogP contribution in [0.15, 0.2) is 12.1 Å². The molecule has 17 heavy (non-hydrogen) atoms. The fourth-order valence-corrected chi connectivity index (χ4v) is 2.90. The summed E-state index contributed by atoms with van der Waals surface area (Å²) >= 11 is 18.7. The summed E-state index contributed by atoms with van der Waals surface area (Å²) in [5.74, 6) is 0.852. The molecule has 0 aliphatic carbocycles. The first-order valence-electron chi connectivity index (χ1n) is 5.38. The van der Waals surface area contributed by atoms with Crippen LogP contribution in [0.1, 0.15) is 17.4 Å². The van der Waals surface area contributed by atoms with Gasteiger partial charge in [-0.2, -0.15) is 0 Å². The fraction of sp³-hybridized carbons (Fsp3) is 0.500. The van der Waals surface area contributed by atoms with Gasteiger partial charge in [0.2, 0.25) is 0 Å². The first-order valence-corrected chi connectivity index (χ1v) is 6.57. The Morgan fingerprint density at radius 1 is 1.35 bits per heavy atom. The molecule has 0 radical (unpaired) electrons. The summed E-state index contributed by atoms with van der Waals surface area (Å²) in [5, 5.41) is 0.933. The molecule has 0 spiro atoms. The maximum atomic E-state index is 6.42. The van der Waals surface area contributed by atoms with Crippen LogP contribution in [0.3, 0.4) is 0 Å². The molecule has 2 rings (SSSR count). The Kier molecular flexibility index (Phi) is 4.42. The molecule has 1 heterocycles. The smallest absolute Gasteiger partial charge is 0.138 e. The van der Waals surface area contributed by atoms with Crippen molar-refractivity contribution in [1.82, 2.24) is 0 Å². The van der Waals surface area contributed by atoms with E-state index in [4.69, 9.17) is 44.3 Å². The molecule has 1 fully saturated rings. The van der Waals surface area contributed by atoms with Gasteiger partial charge in [-0.15, -0.1) is 11.6 Å². The molecule has 2 atom stereocenters. The number of hydrogen-bond donors (Lipinski definition) is 0. The fourth-order valence-electron chi connectivity index (χ4n) is 1.95. The van der Waals surface area contributed by atoms with Crippen molar-refractivity contribution in [1.29, 1.82) is 0 Å². The lowest BCUT2D eigenvalue weighted by Crippen LogP contribution is -2.08. The molecule has 0 amide bonds. The average molecular weight is 296 g/mol. The van der Waals surface area contributed by atoms with Gasteiger partial charge in [-0.05, 0) is 18.1 Å². The van der Waals surface area contributed by atoms with Crippen molar-refractivity contribution >= 4 is 34.8 Å². The van der Waals surface area contributed by atoms with Gasteiger partial charge in [-0.3, -0.25) is 0 Å². The predicted octanol–water partition coefficient (Wildman–Crippen LogP) is 4.32. The number of methoxy groups -OCH3 is 1. The first kappa shape index (κ1) is 13.3. The maximum Gasteiger partial charge on any atom is 0.138 e. The van der Waals surface area contributed by atoms with E-state index in [1.165, 1.54) is 0 Å². The number of hydrogen-bond acceptors (Lipinski definition) is 2. The van der Waals surface area contributed by atoms with E-state index in [1.54, 1.807) is 19.2 Å². The monoisotopic (exact) mass is 294 g/mol. The Labute approximate surface area is 116 Å². The highest BCUT2D eigenvalue weighted by molar-refractivity contribution is 6.35. The maximum absolute atomic E-state index is 6.42. The molecule has 2 nitrogen and oxygen atoms in total. The van der Waals surface area contributed by atoms with Crippen LogP contribution >= 0.6 is 34.8 Å². The number of rotatable bonds is 3. The van der Waals surface area contributed by atoms with Crippen molar-refractivity contribution in [2.45, 2.75) is 11.8 Å². The Morgan fingerprint density at radius 3 is 2.71 bits per heavy atom. The van der Waals surface area contributed by atoms with E-state index in [1.807, 2.05) is 0 Å². The lowest BCUT2D eigenvalue weighted by Gasteiger charge is -2.18. The lowest BCUT2D eigenvalue weighted by atomic mass is 9.98. The molecule has 1 saturated heterocycles.